The standard InChI is InChI=1S/C14H17N5O4.C13H17N7O3/c1-6-15-3-7-12-11(14(22)18-13(7)17-6)16-5-19(12)10-2-8(21)9(4-20)23-10;14-11-9-10(5-2-16-13(15)19-12(5)18-11)20(4-17-9)8-1-6(22)7(3-21)23-8/h3,5-10,20-21H,2,4H2,1H3,(H,17,18,22);2,4,6-8,13,21-22H,1,3,15H2,(H3,14,18,19)/t6?,7?,8?,9-,10-;6?,7-,8-,13?/m11/s1. The third-order valence-electron chi connectivity index (χ3n) is 8.47. The molecule has 8 heterocycles. The molecule has 5 aliphatic heterocycles. The number of imidazole rings is 2. The second-order valence-corrected chi connectivity index (χ2v) is 11.5. The number of hydrogen-bond acceptors (Lipinski definition) is 16. The summed E-state index contributed by atoms with van der Waals surface area (Å²) in [7, 11) is 0. The predicted octanol–water partition coefficient (Wildman–Crippen LogP) is -2.08. The Kier molecular flexibility index (Phi) is 7.75. The van der Waals surface area contributed by atoms with Crippen molar-refractivity contribution in [1.29, 1.82) is 0 Å². The molecule has 46 heavy (non-hydrogen) atoms. The van der Waals surface area contributed by atoms with Gasteiger partial charge in [0, 0.05) is 25.3 Å². The number of amidine groups is 1. The Labute approximate surface area is 260 Å². The highest BCUT2D eigenvalue weighted by Crippen LogP contribution is 2.36. The Morgan fingerprint density at radius 1 is 1.02 bits per heavy atom. The second-order valence-electron chi connectivity index (χ2n) is 11.5. The number of aliphatic imine (C=N–C) groups is 3. The molecule has 9 atom stereocenters. The van der Waals surface area contributed by atoms with Gasteiger partial charge >= 0.3 is 0 Å². The van der Waals surface area contributed by atoms with E-state index in [-0.39, 0.29) is 37.0 Å². The number of nitrogens with two attached hydrogens (primary N) is 2. The first kappa shape index (κ1) is 30.3. The average Bonchev–Trinajstić information content (AvgIpc) is 3.82. The van der Waals surface area contributed by atoms with Crippen molar-refractivity contribution in [2.45, 2.75) is 75.0 Å². The number of aliphatic hydroxyl groups excluding tert-OH is 4. The maximum Gasteiger partial charge on any atom is 0.277 e. The molecule has 8 rings (SSSR count). The van der Waals surface area contributed by atoms with Crippen LogP contribution in [0.5, 0.6) is 0 Å². The Hall–Kier alpha value is -4.37. The van der Waals surface area contributed by atoms with E-state index in [1.54, 1.807) is 27.9 Å². The minimum absolute atomic E-state index is 0.234. The lowest BCUT2D eigenvalue weighted by molar-refractivity contribution is -0.0451. The fourth-order valence-electron chi connectivity index (χ4n) is 6.21. The maximum absolute atomic E-state index is 12.2. The van der Waals surface area contributed by atoms with Gasteiger partial charge in [-0.05, 0) is 6.92 Å². The van der Waals surface area contributed by atoms with Crippen LogP contribution in [0.2, 0.25) is 0 Å². The van der Waals surface area contributed by atoms with Crippen LogP contribution < -0.4 is 22.1 Å². The maximum atomic E-state index is 12.2. The van der Waals surface area contributed by atoms with Crippen molar-refractivity contribution in [3.8, 4) is 0 Å². The highest BCUT2D eigenvalue weighted by molar-refractivity contribution is 6.18. The minimum Gasteiger partial charge on any atom is -0.394 e. The van der Waals surface area contributed by atoms with E-state index in [2.05, 4.69) is 40.6 Å². The minimum atomic E-state index is -0.756. The van der Waals surface area contributed by atoms with Crippen molar-refractivity contribution in [1.82, 2.24) is 29.4 Å². The number of rotatable bonds is 4. The number of aliphatic hydroxyl groups is 4. The first-order chi connectivity index (χ1) is 22.2. The number of fused-ring (bicyclic) bond motifs is 6. The number of hydrogen-bond donors (Lipinski definition) is 8. The summed E-state index contributed by atoms with van der Waals surface area (Å²) < 4.78 is 14.9. The molecule has 0 aliphatic carbocycles. The molecule has 19 nitrogen and oxygen atoms in total. The van der Waals surface area contributed by atoms with E-state index in [4.69, 9.17) is 20.9 Å². The van der Waals surface area contributed by atoms with Crippen molar-refractivity contribution in [3.05, 3.63) is 29.6 Å². The van der Waals surface area contributed by atoms with Crippen LogP contribution in [0.1, 0.15) is 59.9 Å². The molecule has 5 unspecified atom stereocenters. The normalized spacial score (nSPS) is 32.6. The zero-order valence-corrected chi connectivity index (χ0v) is 24.6. The fourth-order valence-corrected chi connectivity index (χ4v) is 6.21. The van der Waals surface area contributed by atoms with Crippen LogP contribution >= 0.6 is 0 Å². The Balaban J connectivity index is 0.000000147. The van der Waals surface area contributed by atoms with Crippen LogP contribution in [-0.2, 0) is 9.47 Å². The molecule has 0 radical (unpaired) electrons. The van der Waals surface area contributed by atoms with Crippen molar-refractivity contribution >= 4 is 46.8 Å². The first-order valence-electron chi connectivity index (χ1n) is 14.8. The van der Waals surface area contributed by atoms with Gasteiger partial charge in [0.2, 0.25) is 0 Å². The number of nitrogens with zero attached hydrogens (tertiary/aromatic N) is 8. The van der Waals surface area contributed by atoms with Crippen molar-refractivity contribution < 1.29 is 34.7 Å². The molecule has 0 spiro atoms. The molecular formula is C27H34N12O7. The smallest absolute Gasteiger partial charge is 0.277 e. The van der Waals surface area contributed by atoms with Gasteiger partial charge in [-0.1, -0.05) is 0 Å². The number of anilines is 2. The fraction of sp³-hybridized carbons (Fsp3) is 0.519. The summed E-state index contributed by atoms with van der Waals surface area (Å²) in [4.78, 5) is 37.8. The van der Waals surface area contributed by atoms with Crippen LogP contribution in [0.3, 0.4) is 0 Å². The van der Waals surface area contributed by atoms with Gasteiger partial charge in [0.1, 0.15) is 48.0 Å². The van der Waals surface area contributed by atoms with Gasteiger partial charge in [-0.2, -0.15) is 0 Å². The number of amides is 1. The topological polar surface area (TPSA) is 278 Å². The van der Waals surface area contributed by atoms with E-state index < -0.39 is 43.2 Å². The Morgan fingerprint density at radius 2 is 1.70 bits per heavy atom. The highest BCUT2D eigenvalue weighted by atomic mass is 16.5. The number of pyridine rings is 1. The lowest BCUT2D eigenvalue weighted by atomic mass is 9.97. The Bertz CT molecular complexity index is 1750. The number of carbonyl (C=O) groups excluding carboxylic acids is 1. The molecule has 2 fully saturated rings. The summed E-state index contributed by atoms with van der Waals surface area (Å²) in [6.45, 7) is 1.33. The molecule has 1 amide bonds. The van der Waals surface area contributed by atoms with E-state index in [1.165, 1.54) is 6.33 Å². The molecule has 244 valence electrons. The molecular weight excluding hydrogens is 604 g/mol. The van der Waals surface area contributed by atoms with Crippen LogP contribution in [0.25, 0.3) is 11.0 Å². The number of nitrogens with one attached hydrogen (secondary N) is 2. The van der Waals surface area contributed by atoms with E-state index in [1.807, 2.05) is 6.92 Å². The lowest BCUT2D eigenvalue weighted by Crippen LogP contribution is -2.44. The van der Waals surface area contributed by atoms with Crippen LogP contribution in [0.4, 0.5) is 11.6 Å². The molecule has 2 saturated heterocycles. The summed E-state index contributed by atoms with van der Waals surface area (Å²) in [5.74, 6) is 0.731. The lowest BCUT2D eigenvalue weighted by Gasteiger charge is -2.28. The third-order valence-corrected chi connectivity index (χ3v) is 8.47. The largest absolute Gasteiger partial charge is 0.394 e. The van der Waals surface area contributed by atoms with E-state index in [9.17, 15) is 25.2 Å². The van der Waals surface area contributed by atoms with Crippen LogP contribution in [0.15, 0.2) is 27.6 Å². The zero-order valence-electron chi connectivity index (χ0n) is 24.6. The summed E-state index contributed by atoms with van der Waals surface area (Å²) in [5.41, 5.74) is 14.6. The van der Waals surface area contributed by atoms with Gasteiger partial charge in [0.25, 0.3) is 5.91 Å². The predicted molar refractivity (Wildman–Crippen MR) is 162 cm³/mol. The first-order valence-corrected chi connectivity index (χ1v) is 14.8. The quantitative estimate of drug-likeness (QED) is 0.153. The van der Waals surface area contributed by atoms with Crippen LogP contribution in [-0.4, -0.2) is 119 Å². The van der Waals surface area contributed by atoms with E-state index >= 15 is 0 Å². The van der Waals surface area contributed by atoms with Gasteiger partial charge in [-0.3, -0.25) is 20.5 Å². The highest BCUT2D eigenvalue weighted by Gasteiger charge is 2.41. The molecule has 5 aliphatic rings. The van der Waals surface area contributed by atoms with Gasteiger partial charge in [-0.25, -0.2) is 19.9 Å². The molecule has 0 saturated carbocycles. The van der Waals surface area contributed by atoms with Gasteiger partial charge in [0.05, 0.1) is 60.8 Å². The van der Waals surface area contributed by atoms with Crippen molar-refractivity contribution in [3.63, 3.8) is 0 Å². The van der Waals surface area contributed by atoms with Crippen molar-refractivity contribution in [2.75, 3.05) is 24.3 Å². The van der Waals surface area contributed by atoms with Crippen LogP contribution in [0, 0.1) is 0 Å². The number of carbonyl (C=O) groups is 1. The number of aromatic nitrogens is 5. The third kappa shape index (κ3) is 5.11. The monoisotopic (exact) mass is 638 g/mol. The summed E-state index contributed by atoms with van der Waals surface area (Å²) in [6.07, 6.45) is 2.65. The second kappa shape index (κ2) is 11.8. The SMILES string of the molecule is CC1N=CC2C(=N1)NC(=O)c1ncn([C@H]3CC(O)[C@@H](CO)O3)c12.Nc1nc2c(c3c1ncn3[C@H]1CC(O)[C@@H](CO)O1)C=NC(N)N2. The molecule has 3 aromatic heterocycles. The van der Waals surface area contributed by atoms with Gasteiger partial charge < -0.3 is 55.4 Å². The van der Waals surface area contributed by atoms with E-state index in [0.717, 1.165) is 0 Å². The summed E-state index contributed by atoms with van der Waals surface area (Å²) >= 11 is 0. The average molecular weight is 639 g/mol. The zero-order chi connectivity index (χ0) is 32.3. The molecule has 0 bridgehead atoms. The summed E-state index contributed by atoms with van der Waals surface area (Å²) in [6, 6.07) is 0. The summed E-state index contributed by atoms with van der Waals surface area (Å²) in [5, 5.41) is 44.1. The van der Waals surface area contributed by atoms with Gasteiger partial charge in [0.15, 0.2) is 17.8 Å². The molecule has 19 heteroatoms. The Morgan fingerprint density at radius 3 is 2.37 bits per heavy atom. The van der Waals surface area contributed by atoms with Crippen molar-refractivity contribution in [2.24, 2.45) is 20.7 Å². The molecule has 10 N–H and O–H groups in total. The van der Waals surface area contributed by atoms with E-state index in [0.29, 0.717) is 52.5 Å². The number of nitrogen functional groups attached to an aromatic ring is 1. The van der Waals surface area contributed by atoms with Gasteiger partial charge in [-0.15, -0.1) is 0 Å². The number of ether oxygens (including phenoxy) is 2. The molecule has 3 aromatic rings. The molecule has 0 aromatic carbocycles.